The van der Waals surface area contributed by atoms with Gasteiger partial charge < -0.3 is 15.5 Å². The van der Waals surface area contributed by atoms with Crippen LogP contribution >= 0.6 is 0 Å². The highest BCUT2D eigenvalue weighted by molar-refractivity contribution is 5.92. The van der Waals surface area contributed by atoms with Crippen molar-refractivity contribution in [3.8, 4) is 0 Å². The van der Waals surface area contributed by atoms with Gasteiger partial charge in [-0.3, -0.25) is 9.78 Å². The molecule has 1 aliphatic rings. The molecule has 1 fully saturated rings. The van der Waals surface area contributed by atoms with Crippen molar-refractivity contribution in [2.75, 3.05) is 25.0 Å². The molecule has 2 N–H and O–H groups in total. The molecule has 1 amide bonds. The molecule has 1 aromatic rings. The lowest BCUT2D eigenvalue weighted by molar-refractivity contribution is 0.0958. The van der Waals surface area contributed by atoms with Crippen LogP contribution in [-0.4, -0.2) is 43.1 Å². The monoisotopic (exact) mass is 290 g/mol. The first-order valence-corrected chi connectivity index (χ1v) is 7.85. The summed E-state index contributed by atoms with van der Waals surface area (Å²) in [6.07, 6.45) is 5.38. The van der Waals surface area contributed by atoms with E-state index in [1.165, 1.54) is 19.3 Å². The van der Waals surface area contributed by atoms with Gasteiger partial charge >= 0.3 is 0 Å². The molecule has 5 heteroatoms. The zero-order chi connectivity index (χ0) is 15.2. The molecule has 2 heterocycles. The van der Waals surface area contributed by atoms with Crippen LogP contribution in [0.4, 0.5) is 5.69 Å². The van der Waals surface area contributed by atoms with Crippen LogP contribution < -0.4 is 15.5 Å². The molecule has 1 aromatic heterocycles. The lowest BCUT2D eigenvalue weighted by Crippen LogP contribution is -2.51. The molecule has 21 heavy (non-hydrogen) atoms. The van der Waals surface area contributed by atoms with Crippen molar-refractivity contribution in [1.82, 2.24) is 15.6 Å². The molecule has 2 unspecified atom stereocenters. The van der Waals surface area contributed by atoms with Gasteiger partial charge in [-0.2, -0.15) is 0 Å². The third-order valence-electron chi connectivity index (χ3n) is 4.19. The topological polar surface area (TPSA) is 57.3 Å². The van der Waals surface area contributed by atoms with Gasteiger partial charge in [-0.15, -0.1) is 0 Å². The molecule has 2 rings (SSSR count). The Labute approximate surface area is 127 Å². The first kappa shape index (κ1) is 15.8. The standard InChI is InChI=1S/C16H26N4O/c1-4-18-12(2)15-7-5-6-10-20(15)13-8-9-19-14(11-13)16(21)17-3/h8-9,11-12,15,18H,4-7,10H2,1-3H3,(H,17,21). The van der Waals surface area contributed by atoms with Crippen molar-refractivity contribution in [2.45, 2.75) is 45.2 Å². The van der Waals surface area contributed by atoms with Crippen LogP contribution in [0.2, 0.25) is 0 Å². The quantitative estimate of drug-likeness (QED) is 0.868. The van der Waals surface area contributed by atoms with Gasteiger partial charge in [0.1, 0.15) is 5.69 Å². The predicted molar refractivity (Wildman–Crippen MR) is 85.8 cm³/mol. The Bertz CT molecular complexity index is 477. The summed E-state index contributed by atoms with van der Waals surface area (Å²) in [5, 5.41) is 6.16. The minimum absolute atomic E-state index is 0.134. The summed E-state index contributed by atoms with van der Waals surface area (Å²) >= 11 is 0. The number of rotatable bonds is 5. The van der Waals surface area contributed by atoms with Crippen LogP contribution in [0.5, 0.6) is 0 Å². The number of carbonyl (C=O) groups is 1. The van der Waals surface area contributed by atoms with E-state index < -0.39 is 0 Å². The Morgan fingerprint density at radius 2 is 2.33 bits per heavy atom. The second kappa shape index (κ2) is 7.41. The van der Waals surface area contributed by atoms with Crippen molar-refractivity contribution < 1.29 is 4.79 Å². The van der Waals surface area contributed by atoms with E-state index in [0.29, 0.717) is 17.8 Å². The molecule has 0 spiro atoms. The number of aromatic nitrogens is 1. The van der Waals surface area contributed by atoms with Crippen LogP contribution in [0.3, 0.4) is 0 Å². The number of nitrogens with zero attached hydrogens (tertiary/aromatic N) is 2. The molecule has 1 aliphatic heterocycles. The van der Waals surface area contributed by atoms with Gasteiger partial charge in [0.05, 0.1) is 0 Å². The summed E-state index contributed by atoms with van der Waals surface area (Å²) in [7, 11) is 1.63. The molecule has 0 aliphatic carbocycles. The fourth-order valence-corrected chi connectivity index (χ4v) is 3.11. The maximum absolute atomic E-state index is 11.8. The molecule has 2 atom stereocenters. The SMILES string of the molecule is CCNC(C)C1CCCCN1c1ccnc(C(=O)NC)c1. The third kappa shape index (κ3) is 3.73. The van der Waals surface area contributed by atoms with Crippen molar-refractivity contribution in [1.29, 1.82) is 0 Å². The fraction of sp³-hybridized carbons (Fsp3) is 0.625. The van der Waals surface area contributed by atoms with E-state index in [0.717, 1.165) is 18.8 Å². The van der Waals surface area contributed by atoms with E-state index >= 15 is 0 Å². The number of hydrogen-bond donors (Lipinski definition) is 2. The molecule has 0 saturated carbocycles. The van der Waals surface area contributed by atoms with E-state index in [9.17, 15) is 4.79 Å². The van der Waals surface area contributed by atoms with Gasteiger partial charge in [0.15, 0.2) is 0 Å². The van der Waals surface area contributed by atoms with Crippen LogP contribution in [0.15, 0.2) is 18.3 Å². The predicted octanol–water partition coefficient (Wildman–Crippen LogP) is 1.80. The molecule has 0 bridgehead atoms. The van der Waals surface area contributed by atoms with Gasteiger partial charge in [0.2, 0.25) is 0 Å². The number of nitrogens with one attached hydrogen (secondary N) is 2. The number of hydrogen-bond acceptors (Lipinski definition) is 4. The summed E-state index contributed by atoms with van der Waals surface area (Å²) in [6, 6.07) is 4.81. The highest BCUT2D eigenvalue weighted by Gasteiger charge is 2.27. The van der Waals surface area contributed by atoms with Gasteiger partial charge in [-0.1, -0.05) is 6.92 Å². The van der Waals surface area contributed by atoms with E-state index in [1.807, 2.05) is 12.1 Å². The normalized spacial score (nSPS) is 20.1. The molecule has 116 valence electrons. The van der Waals surface area contributed by atoms with Crippen molar-refractivity contribution in [2.24, 2.45) is 0 Å². The number of amides is 1. The third-order valence-corrected chi connectivity index (χ3v) is 4.19. The second-order valence-corrected chi connectivity index (χ2v) is 5.58. The number of piperidine rings is 1. The average molecular weight is 290 g/mol. The minimum Gasteiger partial charge on any atom is -0.367 e. The van der Waals surface area contributed by atoms with Crippen LogP contribution in [0.1, 0.15) is 43.6 Å². The largest absolute Gasteiger partial charge is 0.367 e. The molecule has 0 aromatic carbocycles. The average Bonchev–Trinajstić information content (AvgIpc) is 2.54. The molecule has 5 nitrogen and oxygen atoms in total. The van der Waals surface area contributed by atoms with E-state index in [-0.39, 0.29) is 5.91 Å². The highest BCUT2D eigenvalue weighted by Crippen LogP contribution is 2.26. The smallest absolute Gasteiger partial charge is 0.269 e. The fourth-order valence-electron chi connectivity index (χ4n) is 3.11. The lowest BCUT2D eigenvalue weighted by Gasteiger charge is -2.41. The van der Waals surface area contributed by atoms with E-state index in [4.69, 9.17) is 0 Å². The molecular weight excluding hydrogens is 264 g/mol. The van der Waals surface area contributed by atoms with Crippen LogP contribution in [0, 0.1) is 0 Å². The highest BCUT2D eigenvalue weighted by atomic mass is 16.1. The van der Waals surface area contributed by atoms with Gasteiger partial charge in [0.25, 0.3) is 5.91 Å². The van der Waals surface area contributed by atoms with Crippen molar-refractivity contribution >= 4 is 11.6 Å². The summed E-state index contributed by atoms with van der Waals surface area (Å²) < 4.78 is 0. The first-order valence-electron chi connectivity index (χ1n) is 7.85. The Balaban J connectivity index is 2.22. The number of carbonyl (C=O) groups excluding carboxylic acids is 1. The first-order chi connectivity index (χ1) is 10.2. The Kier molecular flexibility index (Phi) is 5.56. The Hall–Kier alpha value is -1.62. The number of pyridine rings is 1. The van der Waals surface area contributed by atoms with Crippen LogP contribution in [-0.2, 0) is 0 Å². The molecule has 1 saturated heterocycles. The van der Waals surface area contributed by atoms with Crippen molar-refractivity contribution in [3.63, 3.8) is 0 Å². The molecule has 0 radical (unpaired) electrons. The summed E-state index contributed by atoms with van der Waals surface area (Å²) in [4.78, 5) is 18.3. The zero-order valence-corrected chi connectivity index (χ0v) is 13.2. The number of likely N-dealkylation sites (N-methyl/N-ethyl adjacent to an activating group) is 1. The van der Waals surface area contributed by atoms with Crippen molar-refractivity contribution in [3.05, 3.63) is 24.0 Å². The van der Waals surface area contributed by atoms with Gasteiger partial charge in [-0.25, -0.2) is 0 Å². The summed E-state index contributed by atoms with van der Waals surface area (Å²) in [5.41, 5.74) is 1.58. The molecular formula is C16H26N4O. The Morgan fingerprint density at radius 1 is 1.52 bits per heavy atom. The number of anilines is 1. The zero-order valence-electron chi connectivity index (χ0n) is 13.2. The van der Waals surface area contributed by atoms with Crippen LogP contribution in [0.25, 0.3) is 0 Å². The minimum atomic E-state index is -0.134. The van der Waals surface area contributed by atoms with Gasteiger partial charge in [-0.05, 0) is 44.9 Å². The van der Waals surface area contributed by atoms with Gasteiger partial charge in [0, 0.05) is 37.6 Å². The van der Waals surface area contributed by atoms with E-state index in [1.54, 1.807) is 13.2 Å². The second-order valence-electron chi connectivity index (χ2n) is 5.58. The summed E-state index contributed by atoms with van der Waals surface area (Å²) in [6.45, 7) is 6.40. The van der Waals surface area contributed by atoms with E-state index in [2.05, 4.69) is 34.4 Å². The summed E-state index contributed by atoms with van der Waals surface area (Å²) in [5.74, 6) is -0.134. The maximum atomic E-state index is 11.8. The Morgan fingerprint density at radius 3 is 3.05 bits per heavy atom. The maximum Gasteiger partial charge on any atom is 0.269 e. The lowest BCUT2D eigenvalue weighted by atomic mass is 9.95.